The zero-order valence-corrected chi connectivity index (χ0v) is 22.1. The lowest BCUT2D eigenvalue weighted by molar-refractivity contribution is -0.136. The molecule has 3 aromatic heterocycles. The van der Waals surface area contributed by atoms with Crippen LogP contribution in [0.5, 0.6) is 0 Å². The Kier molecular flexibility index (Phi) is 6.58. The summed E-state index contributed by atoms with van der Waals surface area (Å²) in [6.45, 7) is 6.04. The van der Waals surface area contributed by atoms with Gasteiger partial charge in [0.25, 0.3) is 0 Å². The van der Waals surface area contributed by atoms with Gasteiger partial charge < -0.3 is 4.57 Å². The summed E-state index contributed by atoms with van der Waals surface area (Å²) in [6, 6.07) is 8.43. The first-order valence-corrected chi connectivity index (χ1v) is 13.4. The molecule has 0 unspecified atom stereocenters. The number of imidazole rings is 1. The summed E-state index contributed by atoms with van der Waals surface area (Å²) in [5.41, 5.74) is 0.420. The third kappa shape index (κ3) is 4.89. The van der Waals surface area contributed by atoms with Gasteiger partial charge in [0.05, 0.1) is 22.8 Å². The normalized spacial score (nSPS) is 19.9. The van der Waals surface area contributed by atoms with E-state index in [4.69, 9.17) is 0 Å². The van der Waals surface area contributed by atoms with Crippen LogP contribution in [0.15, 0.2) is 53.8 Å². The Morgan fingerprint density at radius 1 is 1.10 bits per heavy atom. The minimum Gasteiger partial charge on any atom is -0.319 e. The smallest absolute Gasteiger partial charge is 0.319 e. The van der Waals surface area contributed by atoms with E-state index in [1.807, 2.05) is 29.8 Å². The van der Waals surface area contributed by atoms with Gasteiger partial charge in [-0.2, -0.15) is 13.2 Å². The Morgan fingerprint density at radius 2 is 1.92 bits per heavy atom. The maximum atomic E-state index is 14.2. The summed E-state index contributed by atoms with van der Waals surface area (Å²) in [4.78, 5) is 18.0. The molecule has 2 atom stereocenters. The summed E-state index contributed by atoms with van der Waals surface area (Å²) >= 11 is 0. The van der Waals surface area contributed by atoms with Gasteiger partial charge in [-0.3, -0.25) is 18.8 Å². The van der Waals surface area contributed by atoms with E-state index in [0.29, 0.717) is 23.7 Å². The SMILES string of the molecule is C[C@H]1CCCN(Cc2cc(C(F)(F)F)c3cn(-c4cccc([C@H](c5nncn5C)N5CCC5)c4)c(=O)n3c2)C1. The number of halogens is 3. The largest absolute Gasteiger partial charge is 0.418 e. The number of aromatic nitrogens is 5. The fraction of sp³-hybridized carbons (Fsp3) is 0.464. The Bertz CT molecular complexity index is 1550. The Morgan fingerprint density at radius 3 is 2.59 bits per heavy atom. The van der Waals surface area contributed by atoms with E-state index in [0.717, 1.165) is 61.2 Å². The first-order valence-electron chi connectivity index (χ1n) is 13.4. The van der Waals surface area contributed by atoms with Crippen LogP contribution in [-0.2, 0) is 19.8 Å². The van der Waals surface area contributed by atoms with E-state index >= 15 is 0 Å². The number of pyridine rings is 1. The van der Waals surface area contributed by atoms with Gasteiger partial charge in [-0.05, 0) is 61.1 Å². The zero-order chi connectivity index (χ0) is 27.3. The number of hydrogen-bond acceptors (Lipinski definition) is 5. The molecule has 2 aliphatic heterocycles. The third-order valence-corrected chi connectivity index (χ3v) is 7.99. The minimum absolute atomic E-state index is 0.152. The molecule has 4 aromatic rings. The molecule has 11 heteroatoms. The van der Waals surface area contributed by atoms with Crippen LogP contribution in [0.1, 0.15) is 54.7 Å². The van der Waals surface area contributed by atoms with E-state index in [1.165, 1.54) is 16.8 Å². The highest BCUT2D eigenvalue weighted by molar-refractivity contribution is 5.58. The van der Waals surface area contributed by atoms with Crippen molar-refractivity contribution in [3.63, 3.8) is 0 Å². The lowest BCUT2D eigenvalue weighted by Gasteiger charge is -2.38. The Balaban J connectivity index is 1.42. The third-order valence-electron chi connectivity index (χ3n) is 7.99. The van der Waals surface area contributed by atoms with E-state index in [1.54, 1.807) is 18.6 Å². The van der Waals surface area contributed by atoms with Crippen molar-refractivity contribution >= 4 is 5.52 Å². The predicted molar refractivity (Wildman–Crippen MR) is 141 cm³/mol. The van der Waals surface area contributed by atoms with Gasteiger partial charge in [-0.25, -0.2) is 4.79 Å². The molecule has 1 aromatic carbocycles. The highest BCUT2D eigenvalue weighted by Gasteiger charge is 2.35. The van der Waals surface area contributed by atoms with Crippen molar-refractivity contribution in [2.24, 2.45) is 13.0 Å². The van der Waals surface area contributed by atoms with E-state index < -0.39 is 17.4 Å². The highest BCUT2D eigenvalue weighted by atomic mass is 19.4. The van der Waals surface area contributed by atoms with Crippen LogP contribution in [0, 0.1) is 5.92 Å². The van der Waals surface area contributed by atoms with Crippen molar-refractivity contribution in [3.8, 4) is 5.69 Å². The molecule has 0 amide bonds. The summed E-state index contributed by atoms with van der Waals surface area (Å²) in [6.07, 6.45) is 3.15. The van der Waals surface area contributed by atoms with Crippen LogP contribution in [0.4, 0.5) is 13.2 Å². The van der Waals surface area contributed by atoms with Crippen LogP contribution in [0.25, 0.3) is 11.2 Å². The van der Waals surface area contributed by atoms with Gasteiger partial charge in [-0.1, -0.05) is 19.1 Å². The summed E-state index contributed by atoms with van der Waals surface area (Å²) in [7, 11) is 1.89. The molecule has 2 saturated heterocycles. The van der Waals surface area contributed by atoms with Crippen molar-refractivity contribution in [2.75, 3.05) is 26.2 Å². The summed E-state index contributed by atoms with van der Waals surface area (Å²) < 4.78 is 47.0. The first kappa shape index (κ1) is 25.8. The van der Waals surface area contributed by atoms with Gasteiger partial charge in [-0.15, -0.1) is 10.2 Å². The Hall–Kier alpha value is -3.44. The molecule has 0 N–H and O–H groups in total. The topological polar surface area (TPSA) is 63.6 Å². The van der Waals surface area contributed by atoms with Gasteiger partial charge >= 0.3 is 11.9 Å². The van der Waals surface area contributed by atoms with E-state index in [-0.39, 0.29) is 11.6 Å². The zero-order valence-electron chi connectivity index (χ0n) is 22.1. The van der Waals surface area contributed by atoms with Crippen molar-refractivity contribution in [3.05, 3.63) is 82.1 Å². The fourth-order valence-electron chi connectivity index (χ4n) is 5.94. The summed E-state index contributed by atoms with van der Waals surface area (Å²) in [5, 5.41) is 8.36. The average molecular weight is 540 g/mol. The second-order valence-corrected chi connectivity index (χ2v) is 11.0. The monoisotopic (exact) mass is 539 g/mol. The first-order chi connectivity index (χ1) is 18.7. The number of fused-ring (bicyclic) bond motifs is 1. The number of nitrogens with zero attached hydrogens (tertiary/aromatic N) is 7. The van der Waals surface area contributed by atoms with Crippen molar-refractivity contribution in [2.45, 2.75) is 44.9 Å². The maximum absolute atomic E-state index is 14.2. The molecule has 206 valence electrons. The quantitative estimate of drug-likeness (QED) is 0.366. The van der Waals surface area contributed by atoms with Crippen molar-refractivity contribution in [1.82, 2.24) is 33.5 Å². The number of benzene rings is 1. The molecule has 0 bridgehead atoms. The van der Waals surface area contributed by atoms with Crippen LogP contribution in [0.2, 0.25) is 0 Å². The number of alkyl halides is 3. The van der Waals surface area contributed by atoms with Gasteiger partial charge in [0, 0.05) is 45.6 Å². The van der Waals surface area contributed by atoms with Gasteiger partial charge in [0.1, 0.15) is 6.33 Å². The molecule has 0 aliphatic carbocycles. The van der Waals surface area contributed by atoms with E-state index in [2.05, 4.69) is 26.9 Å². The van der Waals surface area contributed by atoms with Crippen molar-refractivity contribution in [1.29, 1.82) is 0 Å². The number of hydrogen-bond donors (Lipinski definition) is 0. The Labute approximate surface area is 224 Å². The van der Waals surface area contributed by atoms with E-state index in [9.17, 15) is 18.0 Å². The molecule has 6 rings (SSSR count). The molecular formula is C28H32F3N7O. The predicted octanol–water partition coefficient (Wildman–Crippen LogP) is 4.26. The molecule has 2 fully saturated rings. The number of likely N-dealkylation sites (tertiary alicyclic amines) is 2. The summed E-state index contributed by atoms with van der Waals surface area (Å²) in [5.74, 6) is 1.28. The molecule has 39 heavy (non-hydrogen) atoms. The van der Waals surface area contributed by atoms with Crippen LogP contribution in [0.3, 0.4) is 0 Å². The standard InChI is InChI=1S/C28H32F3N7O/c1-19-6-4-9-35(14-19)15-20-12-23(28(29,30)31)24-17-37(27(39)38(24)16-20)22-8-3-7-21(13-22)25(36-10-5-11-36)26-33-32-18-34(26)2/h3,7-8,12-13,16-19,25H,4-6,9-11,14-15H2,1-2H3/t19-,25+/m0/s1. The number of aryl methyl sites for hydroxylation is 1. The average Bonchev–Trinajstić information content (AvgIpc) is 3.43. The van der Waals surface area contributed by atoms with Crippen molar-refractivity contribution < 1.29 is 13.2 Å². The fourth-order valence-corrected chi connectivity index (χ4v) is 5.94. The minimum atomic E-state index is -4.59. The molecule has 0 radical (unpaired) electrons. The van der Waals surface area contributed by atoms with Gasteiger partial charge in [0.15, 0.2) is 5.82 Å². The maximum Gasteiger partial charge on any atom is 0.418 e. The van der Waals surface area contributed by atoms with Crippen LogP contribution >= 0.6 is 0 Å². The molecular weight excluding hydrogens is 507 g/mol. The molecule has 2 aliphatic rings. The van der Waals surface area contributed by atoms with Crippen LogP contribution in [-0.4, -0.2) is 59.7 Å². The number of piperidine rings is 1. The molecule has 0 saturated carbocycles. The molecule has 8 nitrogen and oxygen atoms in total. The molecule has 5 heterocycles. The van der Waals surface area contributed by atoms with Crippen LogP contribution < -0.4 is 5.69 Å². The highest BCUT2D eigenvalue weighted by Crippen LogP contribution is 2.35. The second kappa shape index (κ2) is 9.95. The number of rotatable bonds is 6. The van der Waals surface area contributed by atoms with Gasteiger partial charge in [0.2, 0.25) is 0 Å². The second-order valence-electron chi connectivity index (χ2n) is 11.0. The lowest BCUT2D eigenvalue weighted by Crippen LogP contribution is -2.41. The lowest BCUT2D eigenvalue weighted by atomic mass is 10.00. The molecule has 0 spiro atoms.